The summed E-state index contributed by atoms with van der Waals surface area (Å²) in [6.07, 6.45) is 0. The number of rotatable bonds is 2. The normalized spacial score (nSPS) is 9.58. The van der Waals surface area contributed by atoms with E-state index in [0.29, 0.717) is 10.6 Å². The number of benzene rings is 1. The number of thiophene rings is 1. The molecule has 0 saturated heterocycles. The molecule has 0 aliphatic rings. The molecule has 96 valence electrons. The highest BCUT2D eigenvalue weighted by Gasteiger charge is 2.08. The monoisotopic (exact) mass is 271 g/mol. The van der Waals surface area contributed by atoms with Crippen LogP contribution in [0.15, 0.2) is 36.4 Å². The standard InChI is InChI=1S/C15H13NO2S/c1-11-7-8-14(19-11)15(18)16-13-6-2-4-12(10-13)5-3-9-17/h2,4,6-8,10,17H,9H2,1H3,(H,16,18). The summed E-state index contributed by atoms with van der Waals surface area (Å²) < 4.78 is 0. The van der Waals surface area contributed by atoms with E-state index in [1.165, 1.54) is 11.3 Å². The van der Waals surface area contributed by atoms with Crippen molar-refractivity contribution in [1.29, 1.82) is 0 Å². The third kappa shape index (κ3) is 3.68. The van der Waals surface area contributed by atoms with Crippen molar-refractivity contribution in [1.82, 2.24) is 0 Å². The van der Waals surface area contributed by atoms with Gasteiger partial charge in [-0.2, -0.15) is 0 Å². The lowest BCUT2D eigenvalue weighted by Crippen LogP contribution is -2.09. The van der Waals surface area contributed by atoms with Crippen LogP contribution in [-0.4, -0.2) is 17.6 Å². The fourth-order valence-corrected chi connectivity index (χ4v) is 2.33. The van der Waals surface area contributed by atoms with Crippen LogP contribution >= 0.6 is 11.3 Å². The van der Waals surface area contributed by atoms with Crippen molar-refractivity contribution in [2.75, 3.05) is 11.9 Å². The smallest absolute Gasteiger partial charge is 0.265 e. The number of carbonyl (C=O) groups excluding carboxylic acids is 1. The maximum absolute atomic E-state index is 12.0. The largest absolute Gasteiger partial charge is 0.384 e. The van der Waals surface area contributed by atoms with E-state index in [1.807, 2.05) is 37.3 Å². The fourth-order valence-electron chi connectivity index (χ4n) is 1.57. The zero-order valence-corrected chi connectivity index (χ0v) is 11.3. The van der Waals surface area contributed by atoms with Crippen LogP contribution in [0.1, 0.15) is 20.1 Å². The lowest BCUT2D eigenvalue weighted by atomic mass is 10.2. The van der Waals surface area contributed by atoms with Gasteiger partial charge in [-0.1, -0.05) is 17.9 Å². The van der Waals surface area contributed by atoms with Crippen LogP contribution in [0.4, 0.5) is 5.69 Å². The molecule has 2 N–H and O–H groups in total. The quantitative estimate of drug-likeness (QED) is 0.825. The van der Waals surface area contributed by atoms with Crippen molar-refractivity contribution in [3.63, 3.8) is 0 Å². The van der Waals surface area contributed by atoms with Gasteiger partial charge in [0.25, 0.3) is 5.91 Å². The average Bonchev–Trinajstić information content (AvgIpc) is 2.83. The molecule has 3 nitrogen and oxygen atoms in total. The first-order valence-electron chi connectivity index (χ1n) is 5.76. The van der Waals surface area contributed by atoms with Gasteiger partial charge < -0.3 is 10.4 Å². The van der Waals surface area contributed by atoms with Crippen LogP contribution in [-0.2, 0) is 0 Å². The second-order valence-corrected chi connectivity index (χ2v) is 5.19. The van der Waals surface area contributed by atoms with E-state index in [-0.39, 0.29) is 12.5 Å². The van der Waals surface area contributed by atoms with Gasteiger partial charge in [-0.05, 0) is 37.3 Å². The predicted molar refractivity (Wildman–Crippen MR) is 77.4 cm³/mol. The van der Waals surface area contributed by atoms with E-state index in [1.54, 1.807) is 6.07 Å². The van der Waals surface area contributed by atoms with Crippen LogP contribution < -0.4 is 5.32 Å². The minimum Gasteiger partial charge on any atom is -0.384 e. The maximum atomic E-state index is 12.0. The Hall–Kier alpha value is -2.09. The Morgan fingerprint density at radius 2 is 2.21 bits per heavy atom. The molecule has 2 rings (SSSR count). The van der Waals surface area contributed by atoms with Crippen molar-refractivity contribution < 1.29 is 9.90 Å². The molecule has 0 radical (unpaired) electrons. The zero-order chi connectivity index (χ0) is 13.7. The van der Waals surface area contributed by atoms with E-state index < -0.39 is 0 Å². The molecule has 0 saturated carbocycles. The van der Waals surface area contributed by atoms with Crippen LogP contribution in [0.3, 0.4) is 0 Å². The van der Waals surface area contributed by atoms with Crippen molar-refractivity contribution >= 4 is 22.9 Å². The topological polar surface area (TPSA) is 49.3 Å². The van der Waals surface area contributed by atoms with Crippen molar-refractivity contribution in [3.05, 3.63) is 51.7 Å². The summed E-state index contributed by atoms with van der Waals surface area (Å²) in [5, 5.41) is 11.5. The van der Waals surface area contributed by atoms with Crippen molar-refractivity contribution in [2.24, 2.45) is 0 Å². The Morgan fingerprint density at radius 1 is 1.37 bits per heavy atom. The van der Waals surface area contributed by atoms with Gasteiger partial charge in [0.15, 0.2) is 0 Å². The number of aryl methyl sites for hydroxylation is 1. The van der Waals surface area contributed by atoms with E-state index >= 15 is 0 Å². The highest BCUT2D eigenvalue weighted by atomic mass is 32.1. The minimum absolute atomic E-state index is 0.120. The highest BCUT2D eigenvalue weighted by molar-refractivity contribution is 7.14. The Labute approximate surface area is 115 Å². The summed E-state index contributed by atoms with van der Waals surface area (Å²) >= 11 is 1.46. The van der Waals surface area contributed by atoms with E-state index in [0.717, 1.165) is 10.4 Å². The van der Waals surface area contributed by atoms with Crippen molar-refractivity contribution in [2.45, 2.75) is 6.92 Å². The molecular formula is C15H13NO2S. The minimum atomic E-state index is -0.176. The second-order valence-electron chi connectivity index (χ2n) is 3.91. The Kier molecular flexibility index (Phi) is 4.35. The summed E-state index contributed by atoms with van der Waals surface area (Å²) in [4.78, 5) is 13.8. The average molecular weight is 271 g/mol. The molecule has 0 aliphatic carbocycles. The first-order chi connectivity index (χ1) is 9.19. The number of anilines is 1. The maximum Gasteiger partial charge on any atom is 0.265 e. The zero-order valence-electron chi connectivity index (χ0n) is 10.4. The summed E-state index contributed by atoms with van der Waals surface area (Å²) in [6.45, 7) is 1.79. The summed E-state index contributed by atoms with van der Waals surface area (Å²) in [6, 6.07) is 11.0. The molecule has 0 aliphatic heterocycles. The van der Waals surface area contributed by atoms with Gasteiger partial charge in [0.1, 0.15) is 6.61 Å². The molecule has 0 unspecified atom stereocenters. The third-order valence-electron chi connectivity index (χ3n) is 2.40. The van der Waals surface area contributed by atoms with Gasteiger partial charge in [0.05, 0.1) is 4.88 Å². The van der Waals surface area contributed by atoms with Gasteiger partial charge in [-0.25, -0.2) is 0 Å². The van der Waals surface area contributed by atoms with Crippen LogP contribution in [0.5, 0.6) is 0 Å². The van der Waals surface area contributed by atoms with Crippen molar-refractivity contribution in [3.8, 4) is 11.8 Å². The van der Waals surface area contributed by atoms with Gasteiger partial charge in [0, 0.05) is 16.1 Å². The van der Waals surface area contributed by atoms with Crippen LogP contribution in [0, 0.1) is 18.8 Å². The molecule has 2 aromatic rings. The molecule has 4 heteroatoms. The van der Waals surface area contributed by atoms with Gasteiger partial charge in [-0.3, -0.25) is 4.79 Å². The molecule has 1 aromatic carbocycles. The predicted octanol–water partition coefficient (Wildman–Crippen LogP) is 2.65. The molecule has 1 heterocycles. The van der Waals surface area contributed by atoms with E-state index in [4.69, 9.17) is 5.11 Å². The Balaban J connectivity index is 2.13. The van der Waals surface area contributed by atoms with E-state index in [2.05, 4.69) is 17.2 Å². The highest BCUT2D eigenvalue weighted by Crippen LogP contribution is 2.17. The second kappa shape index (κ2) is 6.19. The number of hydrogen-bond donors (Lipinski definition) is 2. The Bertz CT molecular complexity index is 649. The summed E-state index contributed by atoms with van der Waals surface area (Å²) in [7, 11) is 0. The molecule has 0 bridgehead atoms. The third-order valence-corrected chi connectivity index (χ3v) is 3.40. The number of carbonyl (C=O) groups is 1. The van der Waals surface area contributed by atoms with Gasteiger partial charge in [-0.15, -0.1) is 11.3 Å². The number of amides is 1. The fraction of sp³-hybridized carbons (Fsp3) is 0.133. The van der Waals surface area contributed by atoms with Crippen LogP contribution in [0.2, 0.25) is 0 Å². The number of aliphatic hydroxyl groups excluding tert-OH is 1. The molecule has 0 fully saturated rings. The van der Waals surface area contributed by atoms with Gasteiger partial charge >= 0.3 is 0 Å². The molecule has 0 atom stereocenters. The summed E-state index contributed by atoms with van der Waals surface area (Å²) in [5.74, 6) is 5.26. The molecular weight excluding hydrogens is 258 g/mol. The van der Waals surface area contributed by atoms with Crippen LogP contribution in [0.25, 0.3) is 0 Å². The number of aliphatic hydroxyl groups is 1. The lowest BCUT2D eigenvalue weighted by Gasteiger charge is -2.03. The first kappa shape index (κ1) is 13.3. The SMILES string of the molecule is Cc1ccc(C(=O)Nc2cccc(C#CCO)c2)s1. The van der Waals surface area contributed by atoms with Gasteiger partial charge in [0.2, 0.25) is 0 Å². The van der Waals surface area contributed by atoms with E-state index in [9.17, 15) is 4.79 Å². The Morgan fingerprint density at radius 3 is 2.89 bits per heavy atom. The molecule has 1 amide bonds. The molecule has 19 heavy (non-hydrogen) atoms. The number of nitrogens with one attached hydrogen (secondary N) is 1. The molecule has 1 aromatic heterocycles. The molecule has 0 spiro atoms. The lowest BCUT2D eigenvalue weighted by molar-refractivity contribution is 0.103. The summed E-state index contributed by atoms with van der Waals surface area (Å²) in [5.41, 5.74) is 1.45. The first-order valence-corrected chi connectivity index (χ1v) is 6.58. The number of hydrogen-bond acceptors (Lipinski definition) is 3.